The standard InChI is InChI=1S/C38H50Br2OS4/c1-4-7-9-10-11-12-13-14-15-16-17-18-19-21-26-27-23-31(39)43-34(27)36-29-22-30(33(41)25(6-3)20-8-5-2)42-37(29)38(45-36)35-28(26)24-32(40)44-35/h22-26H,4-21H2,1-3H3. The third-order valence-corrected chi connectivity index (χ3v) is 15.8. The number of thiophene rings is 4. The first-order valence-corrected chi connectivity index (χ1v) is 22.5. The second kappa shape index (κ2) is 17.9. The van der Waals surface area contributed by atoms with Gasteiger partial charge in [-0.2, -0.15) is 0 Å². The van der Waals surface area contributed by atoms with Gasteiger partial charge in [0.05, 0.1) is 31.8 Å². The Hall–Kier alpha value is -0.310. The number of halogens is 2. The Morgan fingerprint density at radius 2 is 1.18 bits per heavy atom. The molecule has 0 radical (unpaired) electrons. The van der Waals surface area contributed by atoms with E-state index in [1.165, 1.54) is 138 Å². The van der Waals surface area contributed by atoms with Crippen LogP contribution in [0.25, 0.3) is 29.6 Å². The third-order valence-electron chi connectivity index (χ3n) is 9.62. The minimum Gasteiger partial charge on any atom is -0.293 e. The van der Waals surface area contributed by atoms with Gasteiger partial charge in [0.25, 0.3) is 0 Å². The molecule has 0 N–H and O–H groups in total. The molecule has 0 saturated carbocycles. The summed E-state index contributed by atoms with van der Waals surface area (Å²) in [4.78, 5) is 20.2. The van der Waals surface area contributed by atoms with Crippen LogP contribution in [0, 0.1) is 5.92 Å². The van der Waals surface area contributed by atoms with E-state index < -0.39 is 0 Å². The van der Waals surface area contributed by atoms with Crippen molar-refractivity contribution >= 4 is 93.1 Å². The Labute approximate surface area is 304 Å². The number of fused-ring (bicyclic) bond motifs is 9. The van der Waals surface area contributed by atoms with Crippen molar-refractivity contribution in [3.63, 3.8) is 0 Å². The highest BCUT2D eigenvalue weighted by molar-refractivity contribution is 9.11. The summed E-state index contributed by atoms with van der Waals surface area (Å²) < 4.78 is 3.74. The van der Waals surface area contributed by atoms with Crippen LogP contribution in [-0.4, -0.2) is 5.78 Å². The average Bonchev–Trinajstić information content (AvgIpc) is 3.80. The van der Waals surface area contributed by atoms with Gasteiger partial charge in [0, 0.05) is 22.1 Å². The molecule has 246 valence electrons. The van der Waals surface area contributed by atoms with Crippen LogP contribution in [0.3, 0.4) is 0 Å². The van der Waals surface area contributed by atoms with Crippen molar-refractivity contribution in [3.8, 4) is 19.5 Å². The molecule has 7 heteroatoms. The molecule has 0 fully saturated rings. The monoisotopic (exact) mass is 808 g/mol. The fourth-order valence-corrected chi connectivity index (χ4v) is 13.4. The maximum Gasteiger partial charge on any atom is 0.175 e. The quantitative estimate of drug-likeness (QED) is 0.0642. The van der Waals surface area contributed by atoms with Crippen molar-refractivity contribution in [2.75, 3.05) is 0 Å². The van der Waals surface area contributed by atoms with E-state index in [9.17, 15) is 4.79 Å². The summed E-state index contributed by atoms with van der Waals surface area (Å²) in [5.41, 5.74) is 2.95. The molecular weight excluding hydrogens is 760 g/mol. The zero-order valence-electron chi connectivity index (χ0n) is 27.4. The molecule has 0 aromatic carbocycles. The van der Waals surface area contributed by atoms with Gasteiger partial charge in [-0.15, -0.1) is 45.3 Å². The van der Waals surface area contributed by atoms with E-state index in [-0.39, 0.29) is 5.92 Å². The predicted molar refractivity (Wildman–Crippen MR) is 212 cm³/mol. The number of carbonyl (C=O) groups excluding carboxylic acids is 1. The van der Waals surface area contributed by atoms with E-state index >= 15 is 0 Å². The molecular formula is C38H50Br2OS4. The molecule has 5 heterocycles. The summed E-state index contributed by atoms with van der Waals surface area (Å²) in [6, 6.07) is 7.05. The van der Waals surface area contributed by atoms with E-state index in [1.807, 2.05) is 34.0 Å². The zero-order chi connectivity index (χ0) is 31.8. The first-order valence-electron chi connectivity index (χ1n) is 17.7. The van der Waals surface area contributed by atoms with Crippen molar-refractivity contribution in [1.82, 2.24) is 0 Å². The lowest BCUT2D eigenvalue weighted by Gasteiger charge is -2.20. The Balaban J connectivity index is 1.29. The molecule has 2 atom stereocenters. The lowest BCUT2D eigenvalue weighted by Crippen LogP contribution is -2.12. The first-order chi connectivity index (χ1) is 22.0. The van der Waals surface area contributed by atoms with Crippen LogP contribution >= 0.6 is 77.2 Å². The number of hydrogen-bond donors (Lipinski definition) is 0. The summed E-state index contributed by atoms with van der Waals surface area (Å²) in [6.45, 7) is 6.69. The van der Waals surface area contributed by atoms with E-state index in [0.29, 0.717) is 11.7 Å². The molecule has 0 amide bonds. The maximum atomic E-state index is 13.7. The van der Waals surface area contributed by atoms with Crippen LogP contribution in [0.2, 0.25) is 0 Å². The Kier molecular flexibility index (Phi) is 14.3. The van der Waals surface area contributed by atoms with Crippen LogP contribution in [0.4, 0.5) is 0 Å². The first kappa shape index (κ1) is 36.0. The Morgan fingerprint density at radius 1 is 0.644 bits per heavy atom. The number of rotatable bonds is 20. The van der Waals surface area contributed by atoms with Gasteiger partial charge in [-0.3, -0.25) is 4.79 Å². The summed E-state index contributed by atoms with van der Waals surface area (Å²) >= 11 is 15.2. The zero-order valence-corrected chi connectivity index (χ0v) is 33.8. The normalized spacial score (nSPS) is 14.8. The molecule has 0 spiro atoms. The van der Waals surface area contributed by atoms with Gasteiger partial charge < -0.3 is 0 Å². The van der Waals surface area contributed by atoms with Gasteiger partial charge >= 0.3 is 0 Å². The number of ketones is 1. The van der Waals surface area contributed by atoms with Crippen molar-refractivity contribution in [1.29, 1.82) is 0 Å². The smallest absolute Gasteiger partial charge is 0.175 e. The van der Waals surface area contributed by atoms with E-state index in [4.69, 9.17) is 0 Å². The average molecular weight is 811 g/mol. The van der Waals surface area contributed by atoms with E-state index in [0.717, 1.165) is 30.6 Å². The van der Waals surface area contributed by atoms with E-state index in [2.05, 4.69) is 70.8 Å². The SMILES string of the molecule is CCCCCCCCCCCCCCCC1c2cc(Br)sc2-c2sc(c3sc(C(=O)C(CC)CCCC)cc23)-c2sc(Br)cc21. The highest BCUT2D eigenvalue weighted by atomic mass is 79.9. The Bertz CT molecular complexity index is 1440. The predicted octanol–water partition coefficient (Wildman–Crippen LogP) is 16.3. The van der Waals surface area contributed by atoms with Crippen LogP contribution < -0.4 is 0 Å². The largest absolute Gasteiger partial charge is 0.293 e. The van der Waals surface area contributed by atoms with Crippen LogP contribution in [0.15, 0.2) is 25.8 Å². The molecule has 1 aliphatic heterocycles. The second-order valence-corrected chi connectivity index (χ2v) is 19.9. The molecule has 2 unspecified atom stereocenters. The molecule has 45 heavy (non-hydrogen) atoms. The number of unbranched alkanes of at least 4 members (excludes halogenated alkanes) is 13. The van der Waals surface area contributed by atoms with E-state index in [1.54, 1.807) is 11.3 Å². The molecule has 2 bridgehead atoms. The molecule has 4 aromatic heterocycles. The summed E-state index contributed by atoms with van der Waals surface area (Å²) in [6.07, 6.45) is 23.5. The summed E-state index contributed by atoms with van der Waals surface area (Å²) in [5, 5.41) is 1.29. The highest BCUT2D eigenvalue weighted by Crippen LogP contribution is 2.58. The van der Waals surface area contributed by atoms with Crippen LogP contribution in [0.5, 0.6) is 0 Å². The van der Waals surface area contributed by atoms with Crippen LogP contribution in [0.1, 0.15) is 163 Å². The number of hydrogen-bond acceptors (Lipinski definition) is 5. The maximum absolute atomic E-state index is 13.7. The minimum atomic E-state index is 0.138. The van der Waals surface area contributed by atoms with Crippen molar-refractivity contribution in [2.45, 2.75) is 142 Å². The molecule has 0 saturated heterocycles. The topological polar surface area (TPSA) is 17.1 Å². The molecule has 1 aliphatic rings. The minimum absolute atomic E-state index is 0.138. The molecule has 0 aliphatic carbocycles. The fraction of sp³-hybridized carbons (Fsp3) is 0.605. The Morgan fingerprint density at radius 3 is 1.73 bits per heavy atom. The van der Waals surface area contributed by atoms with Crippen molar-refractivity contribution in [2.24, 2.45) is 5.92 Å². The number of carbonyl (C=O) groups is 1. The van der Waals surface area contributed by atoms with Gasteiger partial charge in [0.15, 0.2) is 5.78 Å². The summed E-state index contributed by atoms with van der Waals surface area (Å²) in [5.74, 6) is 0.901. The second-order valence-electron chi connectivity index (χ2n) is 13.0. The molecule has 5 rings (SSSR count). The van der Waals surface area contributed by atoms with Gasteiger partial charge in [0.1, 0.15) is 0 Å². The lowest BCUT2D eigenvalue weighted by molar-refractivity contribution is 0.0912. The number of Topliss-reactive ketones (excluding diaryl/α,β-unsaturated/α-hetero) is 1. The van der Waals surface area contributed by atoms with Crippen LogP contribution in [-0.2, 0) is 0 Å². The summed E-state index contributed by atoms with van der Waals surface area (Å²) in [7, 11) is 0. The molecule has 4 aromatic rings. The van der Waals surface area contributed by atoms with Crippen molar-refractivity contribution < 1.29 is 4.79 Å². The molecule has 1 nitrogen and oxygen atoms in total. The lowest BCUT2D eigenvalue weighted by atomic mass is 9.86. The van der Waals surface area contributed by atoms with Gasteiger partial charge in [-0.25, -0.2) is 0 Å². The van der Waals surface area contributed by atoms with Crippen molar-refractivity contribution in [3.05, 3.63) is 41.8 Å². The fourth-order valence-electron chi connectivity index (χ4n) is 7.01. The highest BCUT2D eigenvalue weighted by Gasteiger charge is 2.33. The van der Waals surface area contributed by atoms with Gasteiger partial charge in [-0.1, -0.05) is 117 Å². The van der Waals surface area contributed by atoms with Gasteiger partial charge in [-0.05, 0) is 80.4 Å². The van der Waals surface area contributed by atoms with Gasteiger partial charge in [0.2, 0.25) is 0 Å². The third kappa shape index (κ3) is 8.84.